The molecule has 0 bridgehead atoms. The summed E-state index contributed by atoms with van der Waals surface area (Å²) in [6.07, 6.45) is 5.53. The van der Waals surface area contributed by atoms with Gasteiger partial charge in [-0.05, 0) is 55.4 Å². The van der Waals surface area contributed by atoms with E-state index in [0.29, 0.717) is 23.4 Å². The first-order valence-corrected chi connectivity index (χ1v) is 11.0. The number of amides is 1. The monoisotopic (exact) mass is 429 g/mol. The van der Waals surface area contributed by atoms with Crippen LogP contribution >= 0.6 is 11.6 Å². The molecule has 0 spiro atoms. The van der Waals surface area contributed by atoms with Crippen LogP contribution in [-0.2, 0) is 14.3 Å². The van der Waals surface area contributed by atoms with Crippen molar-refractivity contribution in [1.29, 1.82) is 0 Å². The summed E-state index contributed by atoms with van der Waals surface area (Å²) in [6, 6.07) is 10.0. The molecular formula is C23H28ClN3O3. The fourth-order valence-corrected chi connectivity index (χ4v) is 4.13. The summed E-state index contributed by atoms with van der Waals surface area (Å²) < 4.78 is 10.9. The highest BCUT2D eigenvalue weighted by Crippen LogP contribution is 2.31. The maximum atomic E-state index is 12.5. The molecule has 4 rings (SSSR count). The Morgan fingerprint density at radius 2 is 2.00 bits per heavy atom. The Morgan fingerprint density at radius 3 is 2.80 bits per heavy atom. The highest BCUT2D eigenvalue weighted by Gasteiger charge is 2.22. The first-order valence-electron chi connectivity index (χ1n) is 10.7. The highest BCUT2D eigenvalue weighted by molar-refractivity contribution is 6.33. The average molecular weight is 430 g/mol. The van der Waals surface area contributed by atoms with Gasteiger partial charge >= 0.3 is 0 Å². The molecule has 6 nitrogen and oxygen atoms in total. The molecule has 2 saturated heterocycles. The van der Waals surface area contributed by atoms with Crippen molar-refractivity contribution in [3.8, 4) is 11.1 Å². The first kappa shape index (κ1) is 21.1. The van der Waals surface area contributed by atoms with E-state index < -0.39 is 0 Å². The van der Waals surface area contributed by atoms with Crippen molar-refractivity contribution in [3.63, 3.8) is 0 Å². The molecule has 7 heteroatoms. The summed E-state index contributed by atoms with van der Waals surface area (Å²) in [4.78, 5) is 16.8. The Morgan fingerprint density at radius 1 is 1.13 bits per heavy atom. The predicted octanol–water partition coefficient (Wildman–Crippen LogP) is 4.61. The molecule has 2 N–H and O–H groups in total. The number of pyridine rings is 1. The first-order chi connectivity index (χ1) is 14.7. The summed E-state index contributed by atoms with van der Waals surface area (Å²) in [6.45, 7) is 3.82. The molecule has 0 saturated carbocycles. The highest BCUT2D eigenvalue weighted by atomic mass is 35.5. The predicted molar refractivity (Wildman–Crippen MR) is 119 cm³/mol. The summed E-state index contributed by atoms with van der Waals surface area (Å²) in [7, 11) is 0. The number of benzene rings is 1. The standard InChI is InChI=1S/C23H28ClN3O3/c24-21-14-26-22(27-23(28)18-4-2-8-30-15-18)12-20(21)17-3-1-5-19(11-17)25-13-16-6-9-29-10-7-16/h1,3,5,11-12,14,16,18,25H,2,4,6-10,13,15H2,(H,26,27,28). The van der Waals surface area contributed by atoms with Crippen LogP contribution in [0.5, 0.6) is 0 Å². The van der Waals surface area contributed by atoms with Crippen LogP contribution in [0.25, 0.3) is 11.1 Å². The van der Waals surface area contributed by atoms with Crippen molar-refractivity contribution in [2.75, 3.05) is 43.6 Å². The van der Waals surface area contributed by atoms with Gasteiger partial charge in [-0.2, -0.15) is 0 Å². The van der Waals surface area contributed by atoms with Crippen molar-refractivity contribution >= 4 is 29.0 Å². The topological polar surface area (TPSA) is 72.5 Å². The lowest BCUT2D eigenvalue weighted by Gasteiger charge is -2.22. The molecule has 1 unspecified atom stereocenters. The average Bonchev–Trinajstić information content (AvgIpc) is 2.80. The Bertz CT molecular complexity index is 865. The second kappa shape index (κ2) is 10.2. The van der Waals surface area contributed by atoms with Gasteiger partial charge in [0.2, 0.25) is 5.91 Å². The maximum Gasteiger partial charge on any atom is 0.230 e. The normalized spacial score (nSPS) is 20.0. The number of rotatable bonds is 6. The lowest BCUT2D eigenvalue weighted by atomic mass is 10.00. The van der Waals surface area contributed by atoms with Crippen molar-refractivity contribution in [2.45, 2.75) is 25.7 Å². The minimum atomic E-state index is -0.127. The van der Waals surface area contributed by atoms with Crippen LogP contribution in [0.2, 0.25) is 5.02 Å². The number of aromatic nitrogens is 1. The van der Waals surface area contributed by atoms with Crippen LogP contribution in [0.15, 0.2) is 36.5 Å². The molecule has 1 aromatic heterocycles. The van der Waals surface area contributed by atoms with E-state index in [4.69, 9.17) is 21.1 Å². The molecule has 2 aliphatic rings. The van der Waals surface area contributed by atoms with Crippen molar-refractivity contribution in [3.05, 3.63) is 41.6 Å². The van der Waals surface area contributed by atoms with E-state index in [2.05, 4.69) is 27.8 Å². The maximum absolute atomic E-state index is 12.5. The number of hydrogen-bond donors (Lipinski definition) is 2. The number of halogens is 1. The minimum Gasteiger partial charge on any atom is -0.385 e. The molecule has 1 aromatic carbocycles. The molecular weight excluding hydrogens is 402 g/mol. The lowest BCUT2D eigenvalue weighted by molar-refractivity contribution is -0.123. The summed E-state index contributed by atoms with van der Waals surface area (Å²) in [5, 5.41) is 7.00. The number of ether oxygens (including phenoxy) is 2. The van der Waals surface area contributed by atoms with Crippen LogP contribution in [0.1, 0.15) is 25.7 Å². The van der Waals surface area contributed by atoms with Gasteiger partial charge in [0.05, 0.1) is 17.5 Å². The van der Waals surface area contributed by atoms with Crippen LogP contribution < -0.4 is 10.6 Å². The third-order valence-corrected chi connectivity index (χ3v) is 6.05. The summed E-state index contributed by atoms with van der Waals surface area (Å²) in [5.74, 6) is 0.961. The molecule has 0 radical (unpaired) electrons. The van der Waals surface area contributed by atoms with E-state index in [1.807, 2.05) is 18.2 Å². The zero-order valence-corrected chi connectivity index (χ0v) is 17.8. The minimum absolute atomic E-state index is 0.0534. The van der Waals surface area contributed by atoms with E-state index in [0.717, 1.165) is 68.9 Å². The van der Waals surface area contributed by atoms with Gasteiger partial charge in [0.1, 0.15) is 5.82 Å². The number of anilines is 2. The molecule has 30 heavy (non-hydrogen) atoms. The Hall–Kier alpha value is -2.15. The zero-order valence-electron chi connectivity index (χ0n) is 17.0. The SMILES string of the molecule is O=C(Nc1cc(-c2cccc(NCC3CCOCC3)c2)c(Cl)cn1)C1CCCOC1. The van der Waals surface area contributed by atoms with Crippen molar-refractivity contribution in [2.24, 2.45) is 11.8 Å². The van der Waals surface area contributed by atoms with E-state index in [1.54, 1.807) is 6.20 Å². The van der Waals surface area contributed by atoms with E-state index >= 15 is 0 Å². The van der Waals surface area contributed by atoms with Crippen LogP contribution in [0.4, 0.5) is 11.5 Å². The Labute approximate surface area is 182 Å². The number of carbonyl (C=O) groups is 1. The molecule has 2 fully saturated rings. The molecule has 2 aromatic rings. The van der Waals surface area contributed by atoms with Crippen LogP contribution in [0.3, 0.4) is 0 Å². The summed E-state index contributed by atoms with van der Waals surface area (Å²) >= 11 is 6.44. The number of carbonyl (C=O) groups excluding carboxylic acids is 1. The third kappa shape index (κ3) is 5.50. The second-order valence-corrected chi connectivity index (χ2v) is 8.38. The van der Waals surface area contributed by atoms with Gasteiger partial charge in [0.25, 0.3) is 0 Å². The van der Waals surface area contributed by atoms with Gasteiger partial charge in [-0.15, -0.1) is 0 Å². The summed E-state index contributed by atoms with van der Waals surface area (Å²) in [5.41, 5.74) is 2.88. The molecule has 1 amide bonds. The zero-order chi connectivity index (χ0) is 20.8. The van der Waals surface area contributed by atoms with Gasteiger partial charge in [-0.1, -0.05) is 23.7 Å². The third-order valence-electron chi connectivity index (χ3n) is 5.75. The molecule has 1 atom stereocenters. The molecule has 160 valence electrons. The van der Waals surface area contributed by atoms with Gasteiger partial charge in [0.15, 0.2) is 0 Å². The van der Waals surface area contributed by atoms with Gasteiger partial charge < -0.3 is 20.1 Å². The number of nitrogens with zero attached hydrogens (tertiary/aromatic N) is 1. The van der Waals surface area contributed by atoms with Gasteiger partial charge in [0, 0.05) is 43.8 Å². The molecule has 3 heterocycles. The van der Waals surface area contributed by atoms with Gasteiger partial charge in [-0.3, -0.25) is 4.79 Å². The van der Waals surface area contributed by atoms with Crippen molar-refractivity contribution in [1.82, 2.24) is 4.98 Å². The van der Waals surface area contributed by atoms with Gasteiger partial charge in [-0.25, -0.2) is 4.98 Å². The Balaban J connectivity index is 1.45. The number of nitrogens with one attached hydrogen (secondary N) is 2. The molecule has 2 aliphatic heterocycles. The second-order valence-electron chi connectivity index (χ2n) is 7.97. The fourth-order valence-electron chi connectivity index (χ4n) is 3.91. The smallest absolute Gasteiger partial charge is 0.230 e. The fraction of sp³-hybridized carbons (Fsp3) is 0.478. The van der Waals surface area contributed by atoms with Crippen LogP contribution in [-0.4, -0.2) is 43.9 Å². The van der Waals surface area contributed by atoms with E-state index in [-0.39, 0.29) is 11.8 Å². The molecule has 0 aliphatic carbocycles. The van der Waals surface area contributed by atoms with Crippen LogP contribution in [0, 0.1) is 11.8 Å². The lowest BCUT2D eigenvalue weighted by Crippen LogP contribution is -2.30. The van der Waals surface area contributed by atoms with E-state index in [9.17, 15) is 4.79 Å². The largest absolute Gasteiger partial charge is 0.385 e. The Kier molecular flexibility index (Phi) is 7.20. The van der Waals surface area contributed by atoms with E-state index in [1.165, 1.54) is 0 Å². The quantitative estimate of drug-likeness (QED) is 0.701. The number of hydrogen-bond acceptors (Lipinski definition) is 5. The van der Waals surface area contributed by atoms with Crippen molar-refractivity contribution < 1.29 is 14.3 Å².